The van der Waals surface area contributed by atoms with Gasteiger partial charge >= 0.3 is 11.7 Å². The van der Waals surface area contributed by atoms with E-state index in [-0.39, 0.29) is 18.1 Å². The van der Waals surface area contributed by atoms with Crippen molar-refractivity contribution in [2.75, 3.05) is 19.0 Å². The number of benzene rings is 2. The van der Waals surface area contributed by atoms with Crippen LogP contribution in [0.1, 0.15) is 21.6 Å². The number of hydrogen-bond acceptors (Lipinski definition) is 7. The molecule has 1 N–H and O–H groups in total. The topological polar surface area (TPSA) is 131 Å². The number of fused-ring (bicyclic) bond motifs is 1. The van der Waals surface area contributed by atoms with E-state index in [0.29, 0.717) is 38.5 Å². The molecule has 4 rings (SSSR count). The summed E-state index contributed by atoms with van der Waals surface area (Å²) < 4.78 is 14.0. The zero-order chi connectivity index (χ0) is 28.4. The third kappa shape index (κ3) is 5.48. The monoisotopic (exact) mass is 552 g/mol. The lowest BCUT2D eigenvalue weighted by Crippen LogP contribution is -2.38. The van der Waals surface area contributed by atoms with Gasteiger partial charge in [0.05, 0.1) is 19.0 Å². The van der Waals surface area contributed by atoms with E-state index in [1.54, 1.807) is 49.4 Å². The van der Waals surface area contributed by atoms with E-state index >= 15 is 0 Å². The number of anilines is 1. The van der Waals surface area contributed by atoms with Crippen molar-refractivity contribution in [3.63, 3.8) is 0 Å². The molecule has 0 unspecified atom stereocenters. The van der Waals surface area contributed by atoms with Gasteiger partial charge in [-0.05, 0) is 55.0 Å². The maximum absolute atomic E-state index is 13.4. The van der Waals surface area contributed by atoms with Crippen LogP contribution in [-0.2, 0) is 34.8 Å². The second-order valence-electron chi connectivity index (χ2n) is 8.75. The molecule has 0 saturated heterocycles. The zero-order valence-electron chi connectivity index (χ0n) is 21.6. The van der Waals surface area contributed by atoms with Crippen LogP contribution >= 0.6 is 11.6 Å². The highest BCUT2D eigenvalue weighted by Crippen LogP contribution is 2.31. The average Bonchev–Trinajstić information content (AvgIpc) is 3.19. The predicted octanol–water partition coefficient (Wildman–Crippen LogP) is 2.42. The van der Waals surface area contributed by atoms with Crippen LogP contribution < -0.4 is 21.3 Å². The molecule has 0 fully saturated rings. The molecular formula is C27H25ClN4O7. The van der Waals surface area contributed by atoms with Crippen molar-refractivity contribution in [1.82, 2.24) is 13.7 Å². The molecule has 0 bridgehead atoms. The maximum atomic E-state index is 13.4. The maximum Gasteiger partial charge on any atom is 0.332 e. The predicted molar refractivity (Wildman–Crippen MR) is 145 cm³/mol. The Balaban J connectivity index is 1.56. The highest BCUT2D eigenvalue weighted by Gasteiger charge is 2.23. The van der Waals surface area contributed by atoms with Crippen molar-refractivity contribution in [2.45, 2.75) is 13.3 Å². The van der Waals surface area contributed by atoms with Crippen LogP contribution in [0.15, 0.2) is 58.1 Å². The first-order valence-corrected chi connectivity index (χ1v) is 12.1. The van der Waals surface area contributed by atoms with Crippen molar-refractivity contribution >= 4 is 46.1 Å². The molecule has 0 aliphatic heterocycles. The summed E-state index contributed by atoms with van der Waals surface area (Å²) in [4.78, 5) is 62.5. The Morgan fingerprint density at radius 2 is 1.67 bits per heavy atom. The van der Waals surface area contributed by atoms with Gasteiger partial charge in [-0.25, -0.2) is 4.79 Å². The van der Waals surface area contributed by atoms with Gasteiger partial charge < -0.3 is 14.8 Å². The summed E-state index contributed by atoms with van der Waals surface area (Å²) in [6.45, 7) is 1.07. The molecule has 4 aromatic rings. The van der Waals surface area contributed by atoms with Crippen LogP contribution in [0.3, 0.4) is 0 Å². The first-order valence-electron chi connectivity index (χ1n) is 11.7. The number of esters is 1. The van der Waals surface area contributed by atoms with E-state index in [0.717, 1.165) is 15.2 Å². The SMILES string of the molecule is COc1ccc2c(c1)c(CC(=O)OCC(=O)Nc1cc(=O)n(C)c(=O)n1C)c(C)n2C(=O)c1ccc(Cl)cc1. The largest absolute Gasteiger partial charge is 0.497 e. The average molecular weight is 553 g/mol. The third-order valence-corrected chi connectivity index (χ3v) is 6.57. The van der Waals surface area contributed by atoms with Crippen molar-refractivity contribution in [1.29, 1.82) is 0 Å². The molecule has 11 nitrogen and oxygen atoms in total. The summed E-state index contributed by atoms with van der Waals surface area (Å²) in [6, 6.07) is 12.7. The van der Waals surface area contributed by atoms with Gasteiger partial charge in [0.1, 0.15) is 11.6 Å². The number of carbonyl (C=O) groups excluding carboxylic acids is 3. The first kappa shape index (κ1) is 27.4. The van der Waals surface area contributed by atoms with E-state index in [2.05, 4.69) is 5.32 Å². The van der Waals surface area contributed by atoms with E-state index in [9.17, 15) is 24.0 Å². The fraction of sp³-hybridized carbons (Fsp3) is 0.222. The lowest BCUT2D eigenvalue weighted by Gasteiger charge is -2.11. The number of rotatable bonds is 7. The van der Waals surface area contributed by atoms with Crippen LogP contribution in [0, 0.1) is 6.92 Å². The first-order chi connectivity index (χ1) is 18.5. The van der Waals surface area contributed by atoms with Crippen LogP contribution in [0.5, 0.6) is 5.75 Å². The highest BCUT2D eigenvalue weighted by molar-refractivity contribution is 6.30. The molecular weight excluding hydrogens is 528 g/mol. The highest BCUT2D eigenvalue weighted by atomic mass is 35.5. The van der Waals surface area contributed by atoms with Crippen LogP contribution in [0.4, 0.5) is 5.82 Å². The Morgan fingerprint density at radius 1 is 0.974 bits per heavy atom. The van der Waals surface area contributed by atoms with Gasteiger partial charge in [-0.1, -0.05) is 11.6 Å². The lowest BCUT2D eigenvalue weighted by atomic mass is 10.1. The molecule has 2 heterocycles. The van der Waals surface area contributed by atoms with Crippen molar-refractivity contribution < 1.29 is 23.9 Å². The van der Waals surface area contributed by atoms with E-state index in [1.807, 2.05) is 0 Å². The second-order valence-corrected chi connectivity index (χ2v) is 9.18. The van der Waals surface area contributed by atoms with Gasteiger partial charge in [0, 0.05) is 41.8 Å². The fourth-order valence-corrected chi connectivity index (χ4v) is 4.29. The summed E-state index contributed by atoms with van der Waals surface area (Å²) in [5.74, 6) is -1.25. The number of nitrogens with zero attached hydrogens (tertiary/aromatic N) is 3. The molecule has 0 aliphatic carbocycles. The Hall–Kier alpha value is -4.64. The quantitative estimate of drug-likeness (QED) is 0.348. The Labute approximate surface area is 227 Å². The summed E-state index contributed by atoms with van der Waals surface area (Å²) in [6.07, 6.45) is -0.228. The molecule has 0 atom stereocenters. The number of methoxy groups -OCH3 is 1. The van der Waals surface area contributed by atoms with E-state index < -0.39 is 29.7 Å². The number of amides is 1. The number of nitrogens with one attached hydrogen (secondary N) is 1. The van der Waals surface area contributed by atoms with Crippen LogP contribution in [0.2, 0.25) is 5.02 Å². The van der Waals surface area contributed by atoms with Gasteiger partial charge in [0.15, 0.2) is 6.61 Å². The minimum Gasteiger partial charge on any atom is -0.497 e. The molecule has 202 valence electrons. The fourth-order valence-electron chi connectivity index (χ4n) is 4.17. The molecule has 39 heavy (non-hydrogen) atoms. The summed E-state index contributed by atoms with van der Waals surface area (Å²) >= 11 is 5.97. The van der Waals surface area contributed by atoms with Gasteiger partial charge in [0.25, 0.3) is 17.4 Å². The molecule has 0 saturated carbocycles. The summed E-state index contributed by atoms with van der Waals surface area (Å²) in [5.41, 5.74) is 0.818. The minimum atomic E-state index is -0.731. The summed E-state index contributed by atoms with van der Waals surface area (Å²) in [7, 11) is 4.21. The van der Waals surface area contributed by atoms with E-state index in [4.69, 9.17) is 21.1 Å². The Bertz CT molecular complexity index is 1730. The standard InChI is InChI=1S/C27H25ClN4O7/c1-15-19(12-25(35)39-14-23(33)29-22-13-24(34)31(3)27(37)30(22)2)20-11-18(38-4)9-10-21(20)32(15)26(36)16-5-7-17(28)8-6-16/h5-11,13H,12,14H2,1-4H3,(H,29,33). The molecule has 1 amide bonds. The van der Waals surface area contributed by atoms with Crippen LogP contribution in [-0.4, -0.2) is 45.2 Å². The number of carbonyl (C=O) groups is 3. The van der Waals surface area contributed by atoms with Crippen molar-refractivity contribution in [3.8, 4) is 5.75 Å². The smallest absolute Gasteiger partial charge is 0.332 e. The molecule has 12 heteroatoms. The molecule has 0 radical (unpaired) electrons. The number of hydrogen-bond donors (Lipinski definition) is 1. The zero-order valence-corrected chi connectivity index (χ0v) is 22.4. The molecule has 0 aliphatic rings. The second kappa shape index (κ2) is 11.0. The molecule has 2 aromatic carbocycles. The number of ether oxygens (including phenoxy) is 2. The Kier molecular flexibility index (Phi) is 7.73. The van der Waals surface area contributed by atoms with Gasteiger partial charge in [-0.15, -0.1) is 0 Å². The minimum absolute atomic E-state index is 0.0316. The van der Waals surface area contributed by atoms with Gasteiger partial charge in [0.2, 0.25) is 0 Å². The van der Waals surface area contributed by atoms with Crippen LogP contribution in [0.25, 0.3) is 10.9 Å². The summed E-state index contributed by atoms with van der Waals surface area (Å²) in [5, 5.41) is 3.51. The van der Waals surface area contributed by atoms with E-state index in [1.165, 1.54) is 25.8 Å². The lowest BCUT2D eigenvalue weighted by molar-refractivity contribution is -0.146. The normalized spacial score (nSPS) is 10.9. The molecule has 0 spiro atoms. The van der Waals surface area contributed by atoms with Gasteiger partial charge in [-0.2, -0.15) is 0 Å². The third-order valence-electron chi connectivity index (χ3n) is 6.31. The molecule has 2 aromatic heterocycles. The Morgan fingerprint density at radius 3 is 2.33 bits per heavy atom. The van der Waals surface area contributed by atoms with Crippen molar-refractivity contribution in [2.24, 2.45) is 14.1 Å². The number of aromatic nitrogens is 3. The van der Waals surface area contributed by atoms with Crippen molar-refractivity contribution in [3.05, 3.63) is 91.2 Å². The van der Waals surface area contributed by atoms with Gasteiger partial charge in [-0.3, -0.25) is 32.9 Å². The number of halogens is 1.